The summed E-state index contributed by atoms with van der Waals surface area (Å²) in [4.78, 5) is 53.9. The number of rotatable bonds is 5. The Morgan fingerprint density at radius 2 is 1.92 bits per heavy atom. The summed E-state index contributed by atoms with van der Waals surface area (Å²) < 4.78 is 0. The van der Waals surface area contributed by atoms with Crippen LogP contribution in [-0.4, -0.2) is 58.8 Å². The zero-order chi connectivity index (χ0) is 25.7. The van der Waals surface area contributed by atoms with Gasteiger partial charge < -0.3 is 15.5 Å². The molecule has 9 nitrogen and oxygen atoms in total. The Kier molecular flexibility index (Phi) is 5.89. The van der Waals surface area contributed by atoms with E-state index in [-0.39, 0.29) is 29.8 Å². The number of anilines is 1. The monoisotopic (exact) mass is 491 g/mol. The number of allylic oxidation sites excluding steroid dienone is 2. The fraction of sp³-hybridized carbons (Fsp3) is 0.481. The highest BCUT2D eigenvalue weighted by atomic mass is 16.2. The number of hydrogen-bond donors (Lipinski definition) is 3. The molecule has 1 saturated heterocycles. The maximum Gasteiger partial charge on any atom is 0.325 e. The number of amides is 6. The highest BCUT2D eigenvalue weighted by Crippen LogP contribution is 2.34. The Bertz CT molecular complexity index is 1210. The highest BCUT2D eigenvalue weighted by molar-refractivity contribution is 6.08. The van der Waals surface area contributed by atoms with E-state index in [1.165, 1.54) is 5.57 Å². The number of imide groups is 1. The van der Waals surface area contributed by atoms with Gasteiger partial charge in [0.15, 0.2) is 0 Å². The van der Waals surface area contributed by atoms with Crippen molar-refractivity contribution in [3.63, 3.8) is 0 Å². The van der Waals surface area contributed by atoms with Gasteiger partial charge in [-0.15, -0.1) is 0 Å². The predicted octanol–water partition coefficient (Wildman–Crippen LogP) is 3.08. The van der Waals surface area contributed by atoms with Gasteiger partial charge in [0.1, 0.15) is 12.1 Å². The zero-order valence-electron chi connectivity index (χ0n) is 21.1. The van der Waals surface area contributed by atoms with Crippen LogP contribution < -0.4 is 16.0 Å². The second kappa shape index (κ2) is 8.80. The minimum atomic E-state index is -0.949. The van der Waals surface area contributed by atoms with E-state index < -0.39 is 11.6 Å². The fourth-order valence-corrected chi connectivity index (χ4v) is 5.38. The smallest absolute Gasteiger partial charge is 0.325 e. The summed E-state index contributed by atoms with van der Waals surface area (Å²) >= 11 is 0. The minimum Gasteiger partial charge on any atom is -0.325 e. The largest absolute Gasteiger partial charge is 0.325 e. The molecule has 1 aromatic rings. The molecule has 0 aromatic heterocycles. The first-order valence-electron chi connectivity index (χ1n) is 12.5. The molecule has 2 aliphatic carbocycles. The van der Waals surface area contributed by atoms with Crippen LogP contribution in [0.2, 0.25) is 0 Å². The van der Waals surface area contributed by atoms with Gasteiger partial charge in [0.25, 0.3) is 5.91 Å². The maximum absolute atomic E-state index is 13.4. The Morgan fingerprint density at radius 3 is 2.64 bits per heavy atom. The van der Waals surface area contributed by atoms with Crippen LogP contribution in [0.3, 0.4) is 0 Å². The van der Waals surface area contributed by atoms with Crippen molar-refractivity contribution in [3.8, 4) is 0 Å². The summed E-state index contributed by atoms with van der Waals surface area (Å²) in [6, 6.07) is 4.90. The van der Waals surface area contributed by atoms with Gasteiger partial charge in [-0.3, -0.25) is 19.8 Å². The van der Waals surface area contributed by atoms with E-state index >= 15 is 0 Å². The van der Waals surface area contributed by atoms with Crippen molar-refractivity contribution >= 4 is 29.6 Å². The lowest BCUT2D eigenvalue weighted by Gasteiger charge is -2.39. The van der Waals surface area contributed by atoms with Crippen molar-refractivity contribution in [2.24, 2.45) is 5.41 Å². The average Bonchev–Trinajstić information content (AvgIpc) is 3.30. The number of carbonyl (C=O) groups excluding carboxylic acids is 4. The number of urea groups is 2. The molecule has 1 aromatic carbocycles. The second-order valence-electron chi connectivity index (χ2n) is 11.4. The summed E-state index contributed by atoms with van der Waals surface area (Å²) in [5, 5.41) is 7.98. The normalized spacial score (nSPS) is 23.1. The number of fused-ring (bicyclic) bond motifs is 1. The van der Waals surface area contributed by atoms with E-state index in [0.29, 0.717) is 31.6 Å². The molecular weight excluding hydrogens is 458 g/mol. The van der Waals surface area contributed by atoms with Crippen LogP contribution in [0.15, 0.2) is 41.6 Å². The molecule has 4 aliphatic rings. The van der Waals surface area contributed by atoms with E-state index in [9.17, 15) is 19.2 Å². The van der Waals surface area contributed by atoms with Gasteiger partial charge in [0.2, 0.25) is 5.91 Å². The molecule has 2 heterocycles. The van der Waals surface area contributed by atoms with Crippen LogP contribution >= 0.6 is 0 Å². The Balaban J connectivity index is 1.28. The van der Waals surface area contributed by atoms with E-state index in [1.807, 2.05) is 23.1 Å². The standard InChI is InChI=1S/C27H33N5O4/c1-26(2,3)10-11-31-15-18-6-4-5-7-21(18)32(25(31)36)16-22(33)28-20-9-8-17-13-27(14-19(17)12-20)23(34)29-24(35)30-27/h5,7-9,12H,4,6,10-11,13-16H2,1-3H3,(H,28,33)(H2,29,30,34,35). The third-order valence-corrected chi connectivity index (χ3v) is 7.35. The van der Waals surface area contributed by atoms with Crippen LogP contribution in [0.5, 0.6) is 0 Å². The molecule has 0 bridgehead atoms. The zero-order valence-corrected chi connectivity index (χ0v) is 21.1. The lowest BCUT2D eigenvalue weighted by Crippen LogP contribution is -2.51. The van der Waals surface area contributed by atoms with E-state index in [4.69, 9.17) is 0 Å². The van der Waals surface area contributed by atoms with Crippen molar-refractivity contribution in [3.05, 3.63) is 52.7 Å². The van der Waals surface area contributed by atoms with E-state index in [2.05, 4.69) is 42.8 Å². The van der Waals surface area contributed by atoms with Gasteiger partial charge in [-0.25, -0.2) is 9.59 Å². The molecule has 1 fully saturated rings. The van der Waals surface area contributed by atoms with Crippen LogP contribution in [0.25, 0.3) is 0 Å². The first kappa shape index (κ1) is 24.1. The molecule has 190 valence electrons. The SMILES string of the molecule is CC(C)(C)CCN1CC2=C(C=CCC2)N(CC(=O)Nc2ccc3c(c2)CC2(C3)NC(=O)NC2=O)C1=O. The molecule has 1 unspecified atom stereocenters. The highest BCUT2D eigenvalue weighted by Gasteiger charge is 2.50. The number of carbonyl (C=O) groups is 4. The summed E-state index contributed by atoms with van der Waals surface area (Å²) in [7, 11) is 0. The number of hydrogen-bond acceptors (Lipinski definition) is 4. The predicted molar refractivity (Wildman–Crippen MR) is 135 cm³/mol. The van der Waals surface area contributed by atoms with Crippen molar-refractivity contribution in [2.75, 3.05) is 25.0 Å². The first-order valence-corrected chi connectivity index (χ1v) is 12.5. The van der Waals surface area contributed by atoms with Gasteiger partial charge in [-0.1, -0.05) is 32.9 Å². The van der Waals surface area contributed by atoms with E-state index in [0.717, 1.165) is 36.1 Å². The van der Waals surface area contributed by atoms with Gasteiger partial charge in [-0.05, 0) is 59.6 Å². The minimum absolute atomic E-state index is 0.0759. The molecule has 6 amide bonds. The van der Waals surface area contributed by atoms with E-state index in [1.54, 1.807) is 11.0 Å². The molecule has 0 radical (unpaired) electrons. The van der Waals surface area contributed by atoms with Crippen molar-refractivity contribution in [1.29, 1.82) is 0 Å². The lowest BCUT2D eigenvalue weighted by atomic mass is 9.91. The van der Waals surface area contributed by atoms with Crippen molar-refractivity contribution < 1.29 is 19.2 Å². The third kappa shape index (κ3) is 4.62. The molecular formula is C27H33N5O4. The topological polar surface area (TPSA) is 111 Å². The molecule has 2 aliphatic heterocycles. The molecule has 5 rings (SSSR count). The van der Waals surface area contributed by atoms with Crippen molar-refractivity contribution in [2.45, 2.75) is 58.4 Å². The van der Waals surface area contributed by atoms with Crippen LogP contribution in [0.4, 0.5) is 15.3 Å². The van der Waals surface area contributed by atoms with Gasteiger partial charge >= 0.3 is 12.1 Å². The summed E-state index contributed by atoms with van der Waals surface area (Å²) in [5.74, 6) is -0.607. The summed E-state index contributed by atoms with van der Waals surface area (Å²) in [6.45, 7) is 7.67. The van der Waals surface area contributed by atoms with Gasteiger partial charge in [0, 0.05) is 37.3 Å². The van der Waals surface area contributed by atoms with Crippen LogP contribution in [0.1, 0.15) is 51.2 Å². The first-order chi connectivity index (χ1) is 17.0. The lowest BCUT2D eigenvalue weighted by molar-refractivity contribution is -0.123. The number of nitrogens with one attached hydrogen (secondary N) is 3. The van der Waals surface area contributed by atoms with Crippen LogP contribution in [0, 0.1) is 5.41 Å². The Hall–Kier alpha value is -3.62. The average molecular weight is 492 g/mol. The molecule has 9 heteroatoms. The maximum atomic E-state index is 13.4. The summed E-state index contributed by atoms with van der Waals surface area (Å²) in [5.41, 5.74) is 3.67. The molecule has 0 saturated carbocycles. The number of nitrogens with zero attached hydrogens (tertiary/aromatic N) is 2. The van der Waals surface area contributed by atoms with Gasteiger partial charge in [-0.2, -0.15) is 0 Å². The number of benzene rings is 1. The second-order valence-corrected chi connectivity index (χ2v) is 11.4. The van der Waals surface area contributed by atoms with Crippen molar-refractivity contribution in [1.82, 2.24) is 20.4 Å². The molecule has 3 N–H and O–H groups in total. The molecule has 1 atom stereocenters. The Morgan fingerprint density at radius 1 is 1.14 bits per heavy atom. The fourth-order valence-electron chi connectivity index (χ4n) is 5.38. The Labute approximate surface area is 211 Å². The molecule has 1 spiro atoms. The molecule has 36 heavy (non-hydrogen) atoms. The van der Waals surface area contributed by atoms with Crippen LogP contribution in [-0.2, 0) is 22.4 Å². The quantitative estimate of drug-likeness (QED) is 0.550. The van der Waals surface area contributed by atoms with Gasteiger partial charge in [0.05, 0.1) is 0 Å². The summed E-state index contributed by atoms with van der Waals surface area (Å²) in [6.07, 6.45) is 7.51. The third-order valence-electron chi connectivity index (χ3n) is 7.35.